The van der Waals surface area contributed by atoms with E-state index in [0.717, 1.165) is 34.6 Å². The third kappa shape index (κ3) is 146000. The molecule has 162 valence electrons. The Balaban J connectivity index is -0.0000000356. The Hall–Kier alpha value is -3.75. The molecule has 10 N–H and O–H groups in total. The smallest absolute Gasteiger partial charge is 0.414 e. The van der Waals surface area contributed by atoms with Gasteiger partial charge in [0, 0.05) is 34.6 Å². The van der Waals surface area contributed by atoms with E-state index in [2.05, 4.69) is 0 Å². The zero-order valence-electron chi connectivity index (χ0n) is 15.2. The highest BCUT2D eigenvalue weighted by Crippen LogP contribution is 1.56. The number of carboxylic acids is 7. The second-order valence-corrected chi connectivity index (χ2v) is 3.21. The van der Waals surface area contributed by atoms with Crippen molar-refractivity contribution in [1.82, 2.24) is 6.15 Å². The Morgan fingerprint density at radius 1 is 0.370 bits per heavy atom. The van der Waals surface area contributed by atoms with E-state index in [1.807, 2.05) is 0 Å². The van der Waals surface area contributed by atoms with Crippen molar-refractivity contribution in [2.75, 3.05) is 0 Å². The summed E-state index contributed by atoms with van der Waals surface area (Å²) in [5.74, 6) is -7.81. The van der Waals surface area contributed by atoms with Crippen LogP contribution in [0.5, 0.6) is 0 Å². The number of carboxylic acid groups (broad SMARTS) is 7. The quantitative estimate of drug-likeness (QED) is 0.240. The summed E-state index contributed by atoms with van der Waals surface area (Å²) in [6.07, 6.45) is 0. The minimum atomic E-state index is -1.82. The summed E-state index contributed by atoms with van der Waals surface area (Å²) >= 11 is 0. The lowest BCUT2D eigenvalue weighted by molar-refractivity contribution is -0.159. The van der Waals surface area contributed by atoms with E-state index in [-0.39, 0.29) is 6.15 Å². The van der Waals surface area contributed by atoms with E-state index in [1.54, 1.807) is 0 Å². The standard InChI is InChI=1S/C2H2O4.5C2H4O2.H3N/c3-1(4)2(5)6;5*1-2(3)4;/h(H,3,4)(H,5,6);5*1H3,(H,3,4);1H3. The first-order valence-electron chi connectivity index (χ1n) is 5.74. The van der Waals surface area contributed by atoms with E-state index >= 15 is 0 Å². The lowest BCUT2D eigenvalue weighted by Crippen LogP contribution is -2.09. The topological polar surface area (TPSA) is 296 Å². The van der Waals surface area contributed by atoms with Crippen molar-refractivity contribution in [2.24, 2.45) is 0 Å². The van der Waals surface area contributed by atoms with Crippen LogP contribution in [-0.2, 0) is 33.6 Å². The zero-order chi connectivity index (χ0) is 23.0. The van der Waals surface area contributed by atoms with Crippen LogP contribution in [0.4, 0.5) is 0 Å². The number of hydrogen-bond acceptors (Lipinski definition) is 8. The molecule has 0 aromatic carbocycles. The van der Waals surface area contributed by atoms with Crippen molar-refractivity contribution in [3.8, 4) is 0 Å². The van der Waals surface area contributed by atoms with Crippen molar-refractivity contribution < 1.29 is 69.3 Å². The van der Waals surface area contributed by atoms with Gasteiger partial charge in [-0.3, -0.25) is 24.0 Å². The molecule has 0 spiro atoms. The minimum Gasteiger partial charge on any atom is -0.481 e. The van der Waals surface area contributed by atoms with E-state index < -0.39 is 41.8 Å². The summed E-state index contributed by atoms with van der Waals surface area (Å²) in [4.78, 5) is 63.2. The van der Waals surface area contributed by atoms with Crippen LogP contribution in [0.1, 0.15) is 34.6 Å². The largest absolute Gasteiger partial charge is 0.481 e. The Bertz CT molecular complexity index is 355. The van der Waals surface area contributed by atoms with Gasteiger partial charge in [0.25, 0.3) is 29.8 Å². The fourth-order valence-electron chi connectivity index (χ4n) is 0. The van der Waals surface area contributed by atoms with Crippen molar-refractivity contribution in [1.29, 1.82) is 0 Å². The van der Waals surface area contributed by atoms with Gasteiger partial charge in [-0.2, -0.15) is 0 Å². The molecule has 0 aromatic rings. The molecule has 0 aliphatic rings. The Kier molecular flexibility index (Phi) is 54.5. The molecule has 0 rings (SSSR count). The predicted molar refractivity (Wildman–Crippen MR) is 86.8 cm³/mol. The molecule has 0 saturated heterocycles. The Labute approximate surface area is 153 Å². The van der Waals surface area contributed by atoms with Crippen LogP contribution in [0.2, 0.25) is 0 Å². The van der Waals surface area contributed by atoms with Gasteiger partial charge in [-0.25, -0.2) is 9.59 Å². The van der Waals surface area contributed by atoms with Crippen molar-refractivity contribution in [3.63, 3.8) is 0 Å². The van der Waals surface area contributed by atoms with Gasteiger partial charge in [0.1, 0.15) is 0 Å². The number of carbonyl (C=O) groups is 7. The first-order valence-corrected chi connectivity index (χ1v) is 5.74. The molecule has 0 aliphatic carbocycles. The molecule has 27 heavy (non-hydrogen) atoms. The average Bonchev–Trinajstić information content (AvgIpc) is 2.23. The molecule has 15 nitrogen and oxygen atoms in total. The maximum atomic E-state index is 9.10. The summed E-state index contributed by atoms with van der Waals surface area (Å²) in [5, 5.41) is 51.9. The van der Waals surface area contributed by atoms with Crippen LogP contribution >= 0.6 is 0 Å². The van der Waals surface area contributed by atoms with Crippen LogP contribution in [0, 0.1) is 0 Å². The lowest BCUT2D eigenvalue weighted by atomic mass is 10.7. The zero-order valence-corrected chi connectivity index (χ0v) is 15.2. The van der Waals surface area contributed by atoms with Crippen LogP contribution in [0.15, 0.2) is 0 Å². The molecule has 0 aliphatic heterocycles. The predicted octanol–water partition coefficient (Wildman–Crippen LogP) is -0.228. The summed E-state index contributed by atoms with van der Waals surface area (Å²) in [7, 11) is 0. The summed E-state index contributed by atoms with van der Waals surface area (Å²) in [5.41, 5.74) is 0. The Morgan fingerprint density at radius 2 is 0.407 bits per heavy atom. The number of rotatable bonds is 0. The molecule has 0 radical (unpaired) electrons. The number of aliphatic carboxylic acids is 7. The molecule has 0 unspecified atom stereocenters. The van der Waals surface area contributed by atoms with E-state index in [4.69, 9.17) is 69.3 Å². The van der Waals surface area contributed by atoms with Gasteiger partial charge in [0.05, 0.1) is 0 Å². The average molecular weight is 407 g/mol. The van der Waals surface area contributed by atoms with Gasteiger partial charge in [-0.05, 0) is 0 Å². The van der Waals surface area contributed by atoms with Gasteiger partial charge in [-0.15, -0.1) is 0 Å². The molecule has 0 amide bonds. The first kappa shape index (κ1) is 43.6. The van der Waals surface area contributed by atoms with Crippen molar-refractivity contribution in [2.45, 2.75) is 34.6 Å². The molecule has 0 bridgehead atoms. The third-order valence-electron chi connectivity index (χ3n) is 0.183. The van der Waals surface area contributed by atoms with Gasteiger partial charge in [0.2, 0.25) is 0 Å². The van der Waals surface area contributed by atoms with E-state index in [0.29, 0.717) is 0 Å². The third-order valence-corrected chi connectivity index (χ3v) is 0.183. The fraction of sp³-hybridized carbons (Fsp3) is 0.417. The normalized spacial score (nSPS) is 6.26. The molecule has 0 heterocycles. The highest BCUT2D eigenvalue weighted by molar-refractivity contribution is 6.27. The molecule has 0 aromatic heterocycles. The summed E-state index contributed by atoms with van der Waals surface area (Å²) in [6.45, 7) is 5.42. The van der Waals surface area contributed by atoms with Gasteiger partial charge in [-0.1, -0.05) is 0 Å². The van der Waals surface area contributed by atoms with Gasteiger partial charge >= 0.3 is 11.9 Å². The molecule has 0 atom stereocenters. The first-order chi connectivity index (χ1) is 11.3. The van der Waals surface area contributed by atoms with Crippen LogP contribution in [0.3, 0.4) is 0 Å². The van der Waals surface area contributed by atoms with Crippen molar-refractivity contribution in [3.05, 3.63) is 0 Å². The van der Waals surface area contributed by atoms with Gasteiger partial charge < -0.3 is 41.9 Å². The minimum absolute atomic E-state index is 0. The van der Waals surface area contributed by atoms with E-state index in [1.165, 1.54) is 0 Å². The maximum Gasteiger partial charge on any atom is 0.414 e. The highest BCUT2D eigenvalue weighted by atomic mass is 16.4. The molecular formula is C12H25NO14. The number of hydrogen-bond donors (Lipinski definition) is 8. The Morgan fingerprint density at radius 3 is 0.407 bits per heavy atom. The maximum absolute atomic E-state index is 9.10. The summed E-state index contributed by atoms with van der Waals surface area (Å²) < 4.78 is 0. The van der Waals surface area contributed by atoms with Gasteiger partial charge in [0.15, 0.2) is 0 Å². The molecule has 15 heteroatoms. The van der Waals surface area contributed by atoms with Crippen LogP contribution in [-0.4, -0.2) is 77.5 Å². The monoisotopic (exact) mass is 407 g/mol. The highest BCUT2D eigenvalue weighted by Gasteiger charge is 2.04. The fourth-order valence-corrected chi connectivity index (χ4v) is 0. The summed E-state index contributed by atoms with van der Waals surface area (Å²) in [6, 6.07) is 0. The van der Waals surface area contributed by atoms with Crippen LogP contribution < -0.4 is 6.15 Å². The van der Waals surface area contributed by atoms with Crippen LogP contribution in [0.25, 0.3) is 0 Å². The second kappa shape index (κ2) is 33.8. The van der Waals surface area contributed by atoms with E-state index in [9.17, 15) is 0 Å². The molecule has 0 fully saturated rings. The lowest BCUT2D eigenvalue weighted by Gasteiger charge is -1.72. The SMILES string of the molecule is CC(=O)O.CC(=O)O.CC(=O)O.CC(=O)O.CC(=O)O.N.O=C(O)C(=O)O. The second-order valence-electron chi connectivity index (χ2n) is 3.21. The van der Waals surface area contributed by atoms with Crippen molar-refractivity contribution >= 4 is 41.8 Å². The molecular weight excluding hydrogens is 382 g/mol. The molecule has 0 saturated carbocycles.